The van der Waals surface area contributed by atoms with Crippen molar-refractivity contribution in [2.45, 2.75) is 215 Å². The summed E-state index contributed by atoms with van der Waals surface area (Å²) in [4.78, 5) is 104. The third-order valence-electron chi connectivity index (χ3n) is 19.1. The van der Waals surface area contributed by atoms with Crippen molar-refractivity contribution in [1.29, 1.82) is 0 Å². The van der Waals surface area contributed by atoms with E-state index >= 15 is 0 Å². The zero-order valence-electron chi connectivity index (χ0n) is 60.3. The van der Waals surface area contributed by atoms with Gasteiger partial charge in [-0.1, -0.05) is 37.8 Å². The summed E-state index contributed by atoms with van der Waals surface area (Å²) in [5.41, 5.74) is -4.63. The number of aromatic amines is 2. The van der Waals surface area contributed by atoms with Gasteiger partial charge in [0.05, 0.1) is 47.9 Å². The van der Waals surface area contributed by atoms with Gasteiger partial charge in [-0.05, 0) is 67.1 Å². The molecule has 48 heteroatoms. The minimum absolute atomic E-state index is 0.00382. The monoisotopic (exact) mass is 1680 g/mol. The third kappa shape index (κ3) is 21.4. The second-order valence-electron chi connectivity index (χ2n) is 27.3. The van der Waals surface area contributed by atoms with E-state index < -0.39 is 256 Å². The Morgan fingerprint density at radius 2 is 1.29 bits per heavy atom. The summed E-state index contributed by atoms with van der Waals surface area (Å²) < 4.78 is 151. The number of rotatable bonds is 37. The number of carboxylic acids is 1. The second kappa shape index (κ2) is 37.9. The van der Waals surface area contributed by atoms with Crippen LogP contribution in [0.4, 0.5) is 22.7 Å². The lowest BCUT2D eigenvalue weighted by Gasteiger charge is -2.51. The molecule has 9 rings (SSSR count). The second-order valence-corrected chi connectivity index (χ2v) is 31.5. The predicted molar refractivity (Wildman–Crippen MR) is 384 cm³/mol. The molecule has 0 unspecified atom stereocenters. The normalized spacial score (nSPS) is 28.8. The van der Waals surface area contributed by atoms with Gasteiger partial charge in [0.1, 0.15) is 107 Å². The van der Waals surface area contributed by atoms with Gasteiger partial charge < -0.3 is 136 Å². The highest BCUT2D eigenvalue weighted by Crippen LogP contribution is 2.41. The number of carbonyl (C=O) groups is 4. The number of fused-ring (bicyclic) bond motifs is 1. The predicted octanol–water partition coefficient (Wildman–Crippen LogP) is -6.73. The number of aliphatic hydroxyl groups is 11. The lowest BCUT2D eigenvalue weighted by atomic mass is 9.88. The fraction of sp³-hybridized carbons (Fsp3) is 0.576. The van der Waals surface area contributed by atoms with Gasteiger partial charge >= 0.3 is 11.7 Å². The van der Waals surface area contributed by atoms with Gasteiger partial charge in [0, 0.05) is 68.8 Å². The molecule has 21 atom stereocenters. The summed E-state index contributed by atoms with van der Waals surface area (Å²) >= 11 is 0. The Morgan fingerprint density at radius 3 is 1.92 bits per heavy atom. The Kier molecular flexibility index (Phi) is 29.9. The van der Waals surface area contributed by atoms with Crippen LogP contribution in [-0.2, 0) is 89.2 Å². The first-order valence-corrected chi connectivity index (χ1v) is 39.6. The van der Waals surface area contributed by atoms with E-state index in [1.165, 1.54) is 31.2 Å². The molecule has 5 aromatic rings. The van der Waals surface area contributed by atoms with E-state index in [1.807, 2.05) is 4.98 Å². The van der Waals surface area contributed by atoms with Crippen molar-refractivity contribution in [3.63, 3.8) is 0 Å². The first-order valence-electron chi connectivity index (χ1n) is 35.2. The van der Waals surface area contributed by atoms with Gasteiger partial charge in [-0.15, -0.1) is 0 Å². The molecule has 0 spiro atoms. The van der Waals surface area contributed by atoms with Gasteiger partial charge in [0.15, 0.2) is 18.9 Å². The van der Waals surface area contributed by atoms with E-state index in [2.05, 4.69) is 36.9 Å². The summed E-state index contributed by atoms with van der Waals surface area (Å²) in [6.07, 6.45) is -35.1. The van der Waals surface area contributed by atoms with Gasteiger partial charge in [0.2, 0.25) is 11.8 Å². The Hall–Kier alpha value is -8.07. The maximum atomic E-state index is 14.2. The number of H-pyrrole nitrogens is 2. The number of hydrogen-bond donors (Lipinski definition) is 23. The van der Waals surface area contributed by atoms with E-state index in [9.17, 15) is 139 Å². The van der Waals surface area contributed by atoms with E-state index in [4.69, 9.17) is 37.9 Å². The molecule has 5 heterocycles. The smallest absolute Gasteiger partial charge is 0.364 e. The van der Waals surface area contributed by atoms with Crippen molar-refractivity contribution in [1.82, 2.24) is 25.9 Å². The Bertz CT molecular complexity index is 4780. The van der Waals surface area contributed by atoms with Crippen molar-refractivity contribution in [2.24, 2.45) is 0 Å². The van der Waals surface area contributed by atoms with Crippen LogP contribution in [0.5, 0.6) is 0 Å². The Labute approximate surface area is 645 Å². The molecule has 0 saturated carbocycles. The zero-order chi connectivity index (χ0) is 83.8. The number of benzene rings is 3. The highest BCUT2D eigenvalue weighted by molar-refractivity contribution is 7.87. The number of amides is 3. The topological polar surface area (TPSA) is 720 Å². The average Bonchev–Trinajstić information content (AvgIpc) is 0.786. The van der Waals surface area contributed by atoms with Crippen molar-refractivity contribution in [3.8, 4) is 0 Å². The van der Waals surface area contributed by atoms with E-state index in [0.717, 1.165) is 13.0 Å². The first kappa shape index (κ1) is 89.9. The van der Waals surface area contributed by atoms with E-state index in [1.54, 1.807) is 0 Å². The number of nitrogens with one attached hydrogen (secondary N) is 8. The van der Waals surface area contributed by atoms with Crippen LogP contribution < -0.4 is 54.0 Å². The van der Waals surface area contributed by atoms with Gasteiger partial charge in [0.25, 0.3) is 58.5 Å². The number of unbranched alkanes of at least 4 members (excludes halogenated alkanes) is 5. The van der Waals surface area contributed by atoms with Gasteiger partial charge in [-0.25, -0.2) is 9.59 Å². The molecular weight excluding hydrogens is 1590 g/mol. The molecule has 4 saturated heterocycles. The van der Waals surface area contributed by atoms with Crippen LogP contribution in [0.3, 0.4) is 0 Å². The molecule has 0 bridgehead atoms. The van der Waals surface area contributed by atoms with Crippen LogP contribution in [0.15, 0.2) is 88.5 Å². The molecule has 23 N–H and O–H groups in total. The fourth-order valence-corrected chi connectivity index (χ4v) is 15.2. The third-order valence-corrected chi connectivity index (χ3v) is 21.6. The molecule has 4 aromatic carbocycles. The number of carbonyl (C=O) groups excluding carboxylic acids is 3. The molecule has 4 aliphatic rings. The van der Waals surface area contributed by atoms with Crippen LogP contribution >= 0.6 is 0 Å². The summed E-state index contributed by atoms with van der Waals surface area (Å²) in [5.74, 6) is -7.83. The van der Waals surface area contributed by atoms with Crippen LogP contribution in [0.25, 0.3) is 10.8 Å². The van der Waals surface area contributed by atoms with Gasteiger partial charge in [-0.2, -0.15) is 25.3 Å². The number of aromatic nitrogens is 2. The van der Waals surface area contributed by atoms with E-state index in [-0.39, 0.29) is 67.7 Å². The number of ether oxygens (including phenoxy) is 8. The quantitative estimate of drug-likeness (QED) is 0.00998. The molecule has 114 heavy (non-hydrogen) atoms. The first-order chi connectivity index (χ1) is 53.6. The van der Waals surface area contributed by atoms with E-state index in [0.29, 0.717) is 61.9 Å². The van der Waals surface area contributed by atoms with Crippen LogP contribution in [0, 0.1) is 0 Å². The van der Waals surface area contributed by atoms with Gasteiger partial charge in [-0.3, -0.25) is 47.4 Å². The standard InChI is InChI=1S/C66H88N8O37S3/c1-27-48(83)53(88)54(89)62(105-27)109-58-47(74-60(91)35-21-42(82)73-65(94)72-35)61(107-39(26-77)56(58)108-63-55(90)59(50(85)38(25-76)106-63)111-66(64(92)93)22-36(79)44(70-28(2)78)57(110-66)49(84)37(80)24-75)104-15-8-6-4-3-5-7-12-41(81)67-13-14-68-45-46(52(87)51(45)86)71-31-11-9-10-29(16-31)23-69-34-19-32(112(95,96)97)17-30-18-33(113(98,99)100)20-40(43(30)34)114(101,102)103/h9-11,16-21,27,36-39,44,47-50,53-59,61-63,68-69,71,75-77,79-80,83-85,88-90H,3-8,12-15,22-26H2,1-2H3,(H,67,81)(H,70,78)(H,74,91)(H,92,93)(H,95,96,97)(H,98,99,100)(H,101,102,103)(H2,72,73,82,94)/t27-,36-,37+,38+,39+,44+,47+,48+,49+,50-,53+,54-,55+,56+,57+,58+,59-,61+,62-,63-,66-/m0/s1. The summed E-state index contributed by atoms with van der Waals surface area (Å²) in [7, 11) is -15.4. The summed E-state index contributed by atoms with van der Waals surface area (Å²) in [6.45, 7) is -1.69. The molecule has 45 nitrogen and oxygen atoms in total. The molecule has 3 amide bonds. The number of carboxylic acid groups (broad SMARTS) is 1. The van der Waals surface area contributed by atoms with Crippen molar-refractivity contribution in [3.05, 3.63) is 107 Å². The number of aliphatic carboxylic acids is 1. The lowest BCUT2D eigenvalue weighted by molar-refractivity contribution is -0.391. The highest BCUT2D eigenvalue weighted by Gasteiger charge is 2.61. The maximum absolute atomic E-state index is 14.2. The van der Waals surface area contributed by atoms with Crippen molar-refractivity contribution < 1.29 is 157 Å². The van der Waals surface area contributed by atoms with Crippen molar-refractivity contribution in [2.75, 3.05) is 55.5 Å². The number of hydrogen-bond acceptors (Lipinski definition) is 36. The SMILES string of the molecule is CC(=O)N[C@H]1[C@H]([C@H](O)[C@H](O)CO)O[C@@](O[C@H]2[C@@H](O)[C@@H](CO)O[C@@H](O[C@H]3[C@H](O[C@@H]4O[C@@H](C)[C@@H](O)[C@@H](O)[C@@H]4O)[C@@H](NC(=O)c4cc(=O)[nH]c(=O)[nH]4)[C@H](OCCCCCCCCC(=O)NCCNc4c(Nc5cccc(CNc6cc(S(=O)(=O)O)cc7cc(S(=O)(=O)O)cc(S(=O)(=O)O)c67)c5)c(=O)c4=O)O[C@@H]3CO)[C@@H]2O)(C(=O)O)C[C@@H]1O. The molecule has 0 aliphatic carbocycles. The zero-order valence-corrected chi connectivity index (χ0v) is 62.7. The fourth-order valence-electron chi connectivity index (χ4n) is 13.3. The lowest BCUT2D eigenvalue weighted by Crippen LogP contribution is -2.71. The van der Waals surface area contributed by atoms with Crippen LogP contribution in [0.2, 0.25) is 0 Å². The maximum Gasteiger partial charge on any atom is 0.364 e. The molecular formula is C66H88N8O37S3. The number of aliphatic hydroxyl groups excluding tert-OH is 11. The molecule has 632 valence electrons. The Balaban J connectivity index is 0.816. The molecule has 4 fully saturated rings. The Morgan fingerprint density at radius 1 is 0.658 bits per heavy atom. The average molecular weight is 1680 g/mol. The molecule has 0 radical (unpaired) electrons. The largest absolute Gasteiger partial charge is 0.477 e. The molecule has 4 aliphatic heterocycles. The van der Waals surface area contributed by atoms with Crippen LogP contribution in [-0.4, -0.2) is 302 Å². The highest BCUT2D eigenvalue weighted by atomic mass is 32.2. The summed E-state index contributed by atoms with van der Waals surface area (Å²) in [6, 6.07) is 5.83. The molecule has 1 aromatic heterocycles. The van der Waals surface area contributed by atoms with Crippen molar-refractivity contribution >= 4 is 87.6 Å². The number of anilines is 4. The van der Waals surface area contributed by atoms with Crippen LogP contribution in [0.1, 0.15) is 81.3 Å². The minimum Gasteiger partial charge on any atom is -0.477 e. The summed E-state index contributed by atoms with van der Waals surface area (Å²) in [5, 5.41) is 146. The minimum atomic E-state index is -5.26.